The molecule has 8 nitrogen and oxygen atoms in total. The molecule has 0 bridgehead atoms. The van der Waals surface area contributed by atoms with Gasteiger partial charge in [-0.15, -0.1) is 10.2 Å². The van der Waals surface area contributed by atoms with Gasteiger partial charge in [-0.3, -0.25) is 14.5 Å². The second-order valence-corrected chi connectivity index (χ2v) is 4.55. The van der Waals surface area contributed by atoms with E-state index in [1.807, 2.05) is 4.57 Å². The lowest BCUT2D eigenvalue weighted by Gasteiger charge is -2.07. The number of nitrogens with one attached hydrogen (secondary N) is 1. The molecule has 0 atom stereocenters. The van der Waals surface area contributed by atoms with Gasteiger partial charge in [0.25, 0.3) is 0 Å². The highest BCUT2D eigenvalue weighted by Crippen LogP contribution is 2.22. The standard InChI is InChI=1S/C10H13N5O3S/c1-18-5-4-15-9(7-2-3-11-12-7)13-14-10(15)19-6-8(16)17/h2-3H,4-6H2,1H3,(H,11,12)(H,16,17). The first-order valence-electron chi connectivity index (χ1n) is 5.49. The highest BCUT2D eigenvalue weighted by molar-refractivity contribution is 7.99. The molecule has 0 aliphatic rings. The zero-order valence-corrected chi connectivity index (χ0v) is 11.1. The van der Waals surface area contributed by atoms with Crippen molar-refractivity contribution in [1.29, 1.82) is 0 Å². The molecule has 0 spiro atoms. The highest BCUT2D eigenvalue weighted by Gasteiger charge is 2.15. The summed E-state index contributed by atoms with van der Waals surface area (Å²) in [7, 11) is 1.60. The van der Waals surface area contributed by atoms with Crippen molar-refractivity contribution in [3.8, 4) is 11.5 Å². The van der Waals surface area contributed by atoms with E-state index in [1.165, 1.54) is 0 Å². The molecular weight excluding hydrogens is 270 g/mol. The van der Waals surface area contributed by atoms with Crippen LogP contribution >= 0.6 is 11.8 Å². The number of ether oxygens (including phenoxy) is 1. The number of carbonyl (C=O) groups is 1. The first kappa shape index (κ1) is 13.6. The number of nitrogens with zero attached hydrogens (tertiary/aromatic N) is 4. The molecule has 0 aromatic carbocycles. The van der Waals surface area contributed by atoms with Gasteiger partial charge in [-0.25, -0.2) is 0 Å². The minimum absolute atomic E-state index is 0.0614. The van der Waals surface area contributed by atoms with Gasteiger partial charge in [-0.05, 0) is 6.07 Å². The molecule has 9 heteroatoms. The van der Waals surface area contributed by atoms with Gasteiger partial charge in [0.2, 0.25) is 0 Å². The molecular formula is C10H13N5O3S. The Morgan fingerprint density at radius 1 is 1.58 bits per heavy atom. The maximum atomic E-state index is 10.6. The molecule has 19 heavy (non-hydrogen) atoms. The Balaban J connectivity index is 2.25. The van der Waals surface area contributed by atoms with E-state index in [1.54, 1.807) is 19.4 Å². The third-order valence-electron chi connectivity index (χ3n) is 2.30. The van der Waals surface area contributed by atoms with E-state index in [0.717, 1.165) is 17.5 Å². The van der Waals surface area contributed by atoms with Crippen molar-refractivity contribution >= 4 is 17.7 Å². The molecule has 0 fully saturated rings. The van der Waals surface area contributed by atoms with Gasteiger partial charge >= 0.3 is 5.97 Å². The van der Waals surface area contributed by atoms with Gasteiger partial charge in [0.05, 0.1) is 18.9 Å². The van der Waals surface area contributed by atoms with E-state index >= 15 is 0 Å². The van der Waals surface area contributed by atoms with Crippen molar-refractivity contribution < 1.29 is 14.6 Å². The number of carboxylic acids is 1. The SMILES string of the molecule is COCCn1c(SCC(=O)O)nnc1-c1ccn[nH]1. The summed E-state index contributed by atoms with van der Waals surface area (Å²) in [5.74, 6) is -0.342. The van der Waals surface area contributed by atoms with Gasteiger partial charge in [0.15, 0.2) is 11.0 Å². The van der Waals surface area contributed by atoms with Crippen molar-refractivity contribution in [3.05, 3.63) is 12.3 Å². The summed E-state index contributed by atoms with van der Waals surface area (Å²) in [6.07, 6.45) is 1.62. The average molecular weight is 283 g/mol. The van der Waals surface area contributed by atoms with Crippen LogP contribution in [0.1, 0.15) is 0 Å². The number of rotatable bonds is 7. The maximum Gasteiger partial charge on any atom is 0.313 e. The van der Waals surface area contributed by atoms with Crippen LogP contribution in [0.25, 0.3) is 11.5 Å². The van der Waals surface area contributed by atoms with Crippen molar-refractivity contribution in [2.45, 2.75) is 11.7 Å². The predicted molar refractivity (Wildman–Crippen MR) is 67.8 cm³/mol. The fraction of sp³-hybridized carbons (Fsp3) is 0.400. The second-order valence-electron chi connectivity index (χ2n) is 3.60. The number of thioether (sulfide) groups is 1. The molecule has 0 aliphatic heterocycles. The smallest absolute Gasteiger partial charge is 0.313 e. The van der Waals surface area contributed by atoms with Crippen LogP contribution in [0.4, 0.5) is 0 Å². The molecule has 0 amide bonds. The van der Waals surface area contributed by atoms with Gasteiger partial charge in [-0.2, -0.15) is 5.10 Å². The van der Waals surface area contributed by atoms with Gasteiger partial charge in [-0.1, -0.05) is 11.8 Å². The topological polar surface area (TPSA) is 106 Å². The van der Waals surface area contributed by atoms with Crippen LogP contribution in [0.3, 0.4) is 0 Å². The average Bonchev–Trinajstić information content (AvgIpc) is 3.02. The Morgan fingerprint density at radius 3 is 3.05 bits per heavy atom. The molecule has 0 saturated carbocycles. The summed E-state index contributed by atoms with van der Waals surface area (Å²) in [5, 5.41) is 24.0. The summed E-state index contributed by atoms with van der Waals surface area (Å²) in [6.45, 7) is 1.03. The Labute approximate surface area is 113 Å². The Kier molecular flexibility index (Phi) is 4.53. The van der Waals surface area contributed by atoms with Crippen molar-refractivity contribution in [2.24, 2.45) is 0 Å². The molecule has 0 radical (unpaired) electrons. The summed E-state index contributed by atoms with van der Waals surface area (Å²) in [6, 6.07) is 1.78. The van der Waals surface area contributed by atoms with Crippen LogP contribution in [-0.2, 0) is 16.1 Å². The zero-order chi connectivity index (χ0) is 13.7. The number of carboxylic acid groups (broad SMARTS) is 1. The van der Waals surface area contributed by atoms with Gasteiger partial charge in [0.1, 0.15) is 5.69 Å². The lowest BCUT2D eigenvalue weighted by atomic mass is 10.4. The summed E-state index contributed by atoms with van der Waals surface area (Å²) in [4.78, 5) is 10.6. The van der Waals surface area contributed by atoms with Crippen LogP contribution in [0.15, 0.2) is 17.4 Å². The maximum absolute atomic E-state index is 10.6. The third-order valence-corrected chi connectivity index (χ3v) is 3.25. The van der Waals surface area contributed by atoms with E-state index in [4.69, 9.17) is 9.84 Å². The molecule has 2 aromatic rings. The molecule has 102 valence electrons. The molecule has 2 rings (SSSR count). The normalized spacial score (nSPS) is 10.8. The van der Waals surface area contributed by atoms with Crippen molar-refractivity contribution in [1.82, 2.24) is 25.0 Å². The lowest BCUT2D eigenvalue weighted by molar-refractivity contribution is -0.133. The number of hydrogen-bond donors (Lipinski definition) is 2. The molecule has 2 N–H and O–H groups in total. The first-order chi connectivity index (χ1) is 9.22. The molecule has 0 saturated heterocycles. The monoisotopic (exact) mass is 283 g/mol. The van der Waals surface area contributed by atoms with E-state index in [-0.39, 0.29) is 5.75 Å². The van der Waals surface area contributed by atoms with Crippen LogP contribution in [-0.4, -0.2) is 55.5 Å². The number of aromatic amines is 1. The number of hydrogen-bond acceptors (Lipinski definition) is 6. The van der Waals surface area contributed by atoms with Crippen LogP contribution in [0, 0.1) is 0 Å². The minimum atomic E-state index is -0.894. The third kappa shape index (κ3) is 3.32. The number of aliphatic carboxylic acids is 1. The molecule has 2 aromatic heterocycles. The minimum Gasteiger partial charge on any atom is -0.481 e. The van der Waals surface area contributed by atoms with E-state index in [9.17, 15) is 4.79 Å². The van der Waals surface area contributed by atoms with Gasteiger partial charge < -0.3 is 9.84 Å². The zero-order valence-electron chi connectivity index (χ0n) is 10.2. The fourth-order valence-corrected chi connectivity index (χ4v) is 2.17. The summed E-state index contributed by atoms with van der Waals surface area (Å²) >= 11 is 1.12. The summed E-state index contributed by atoms with van der Waals surface area (Å²) < 4.78 is 6.85. The van der Waals surface area contributed by atoms with Crippen molar-refractivity contribution in [3.63, 3.8) is 0 Å². The Bertz CT molecular complexity index is 539. The quantitative estimate of drug-likeness (QED) is 0.712. The van der Waals surface area contributed by atoms with Gasteiger partial charge in [0, 0.05) is 13.3 Å². The van der Waals surface area contributed by atoms with Crippen LogP contribution in [0.2, 0.25) is 0 Å². The molecule has 0 unspecified atom stereocenters. The van der Waals surface area contributed by atoms with Crippen molar-refractivity contribution in [2.75, 3.05) is 19.5 Å². The molecule has 0 aliphatic carbocycles. The predicted octanol–water partition coefficient (Wildman–Crippen LogP) is 0.491. The summed E-state index contributed by atoms with van der Waals surface area (Å²) in [5.41, 5.74) is 0.728. The molecule has 2 heterocycles. The fourth-order valence-electron chi connectivity index (χ4n) is 1.49. The van der Waals surface area contributed by atoms with E-state index < -0.39 is 5.97 Å². The second kappa shape index (κ2) is 6.34. The first-order valence-corrected chi connectivity index (χ1v) is 6.47. The largest absolute Gasteiger partial charge is 0.481 e. The van der Waals surface area contributed by atoms with E-state index in [0.29, 0.717) is 24.1 Å². The van der Waals surface area contributed by atoms with Crippen LogP contribution < -0.4 is 0 Å². The number of H-pyrrole nitrogens is 1. The van der Waals surface area contributed by atoms with E-state index in [2.05, 4.69) is 20.4 Å². The Hall–Kier alpha value is -1.87. The lowest BCUT2D eigenvalue weighted by Crippen LogP contribution is -2.09. The number of methoxy groups -OCH3 is 1. The highest BCUT2D eigenvalue weighted by atomic mass is 32.2. The Morgan fingerprint density at radius 2 is 2.42 bits per heavy atom. The number of aromatic nitrogens is 5. The van der Waals surface area contributed by atoms with Crippen LogP contribution in [0.5, 0.6) is 0 Å².